The molecule has 7 nitrogen and oxygen atoms in total. The van der Waals surface area contributed by atoms with Crippen LogP contribution >= 0.6 is 0 Å². The van der Waals surface area contributed by atoms with E-state index in [1.54, 1.807) is 12.4 Å². The van der Waals surface area contributed by atoms with Crippen molar-refractivity contribution in [3.05, 3.63) is 54.1 Å². The molecule has 126 valence electrons. The van der Waals surface area contributed by atoms with E-state index in [0.717, 1.165) is 17.7 Å². The number of fused-ring (bicyclic) bond motifs is 1. The molecule has 10 heteroatoms. The Hall–Kier alpha value is -2.46. The first-order chi connectivity index (χ1) is 11.5. The second-order valence-electron chi connectivity index (χ2n) is 5.04. The normalized spacial score (nSPS) is 11.9. The van der Waals surface area contributed by atoms with E-state index < -0.39 is 26.6 Å². The molecule has 0 fully saturated rings. The van der Waals surface area contributed by atoms with Gasteiger partial charge in [0.05, 0.1) is 0 Å². The van der Waals surface area contributed by atoms with Crippen molar-refractivity contribution in [2.45, 2.75) is 17.7 Å². The number of sulfonamides is 1. The lowest BCUT2D eigenvalue weighted by atomic mass is 10.2. The molecule has 0 atom stereocenters. The van der Waals surface area contributed by atoms with Crippen LogP contribution in [0.2, 0.25) is 0 Å². The standard InChI is InChI=1S/C14H13F2N5O2S/c15-11-3-4-13(12(16)6-11)24(22,23)20-5-1-2-10-7-17-14-18-9-19-21(14)8-10/h3-4,6-9,20H,1-2,5H2. The van der Waals surface area contributed by atoms with Gasteiger partial charge in [0.2, 0.25) is 10.0 Å². The van der Waals surface area contributed by atoms with E-state index in [-0.39, 0.29) is 6.54 Å². The third-order valence-corrected chi connectivity index (χ3v) is 4.80. The van der Waals surface area contributed by atoms with Crippen molar-refractivity contribution in [1.29, 1.82) is 0 Å². The van der Waals surface area contributed by atoms with Gasteiger partial charge in [-0.2, -0.15) is 10.1 Å². The Morgan fingerprint density at radius 3 is 2.83 bits per heavy atom. The first-order valence-corrected chi connectivity index (χ1v) is 8.53. The Balaban J connectivity index is 1.59. The van der Waals surface area contributed by atoms with Crippen molar-refractivity contribution in [3.63, 3.8) is 0 Å². The van der Waals surface area contributed by atoms with Crippen molar-refractivity contribution in [3.8, 4) is 0 Å². The number of hydrogen-bond donors (Lipinski definition) is 1. The molecule has 0 aliphatic carbocycles. The van der Waals surface area contributed by atoms with Crippen LogP contribution < -0.4 is 4.72 Å². The zero-order chi connectivity index (χ0) is 17.2. The number of aromatic nitrogens is 4. The molecule has 3 aromatic rings. The van der Waals surface area contributed by atoms with Crippen LogP contribution in [0, 0.1) is 11.6 Å². The number of halogens is 2. The van der Waals surface area contributed by atoms with E-state index >= 15 is 0 Å². The zero-order valence-electron chi connectivity index (χ0n) is 12.4. The number of benzene rings is 1. The molecular weight excluding hydrogens is 340 g/mol. The van der Waals surface area contributed by atoms with Gasteiger partial charge in [0.15, 0.2) is 0 Å². The van der Waals surface area contributed by atoms with Crippen LogP contribution in [-0.2, 0) is 16.4 Å². The lowest BCUT2D eigenvalue weighted by molar-refractivity contribution is 0.542. The van der Waals surface area contributed by atoms with Gasteiger partial charge in [0.1, 0.15) is 22.9 Å². The van der Waals surface area contributed by atoms with Crippen LogP contribution in [0.15, 0.2) is 41.8 Å². The van der Waals surface area contributed by atoms with Crippen molar-refractivity contribution in [2.75, 3.05) is 6.54 Å². The summed E-state index contributed by atoms with van der Waals surface area (Å²) in [7, 11) is -4.02. The molecule has 0 aliphatic heterocycles. The quantitative estimate of drug-likeness (QED) is 0.675. The Bertz CT molecular complexity index is 974. The van der Waals surface area contributed by atoms with Crippen molar-refractivity contribution >= 4 is 15.8 Å². The molecule has 0 radical (unpaired) electrons. The molecule has 0 spiro atoms. The fraction of sp³-hybridized carbons (Fsp3) is 0.214. The molecule has 2 aromatic heterocycles. The summed E-state index contributed by atoms with van der Waals surface area (Å²) in [4.78, 5) is 7.45. The first-order valence-electron chi connectivity index (χ1n) is 7.05. The Morgan fingerprint density at radius 1 is 1.21 bits per heavy atom. The fourth-order valence-corrected chi connectivity index (χ4v) is 3.29. The Kier molecular flexibility index (Phi) is 4.49. The van der Waals surface area contributed by atoms with E-state index in [0.29, 0.717) is 24.7 Å². The molecule has 3 rings (SSSR count). The average molecular weight is 353 g/mol. The molecule has 24 heavy (non-hydrogen) atoms. The number of aryl methyl sites for hydroxylation is 1. The highest BCUT2D eigenvalue weighted by Crippen LogP contribution is 2.15. The Labute approximate surface area is 136 Å². The lowest BCUT2D eigenvalue weighted by Crippen LogP contribution is -2.26. The predicted octanol–water partition coefficient (Wildman–Crippen LogP) is 1.31. The molecule has 0 bridgehead atoms. The summed E-state index contributed by atoms with van der Waals surface area (Å²) in [5, 5.41) is 3.96. The average Bonchev–Trinajstić information content (AvgIpc) is 2.99. The third kappa shape index (κ3) is 3.54. The molecule has 0 saturated carbocycles. The summed E-state index contributed by atoms with van der Waals surface area (Å²) < 4.78 is 54.2. The highest BCUT2D eigenvalue weighted by molar-refractivity contribution is 7.89. The zero-order valence-corrected chi connectivity index (χ0v) is 13.2. The van der Waals surface area contributed by atoms with E-state index in [1.807, 2.05) is 0 Å². The molecule has 2 heterocycles. The van der Waals surface area contributed by atoms with Gasteiger partial charge in [-0.25, -0.2) is 31.4 Å². The minimum Gasteiger partial charge on any atom is -0.219 e. The summed E-state index contributed by atoms with van der Waals surface area (Å²) in [6.07, 6.45) is 5.81. The molecular formula is C14H13F2N5O2S. The van der Waals surface area contributed by atoms with Gasteiger partial charge in [-0.1, -0.05) is 0 Å². The molecule has 1 aromatic carbocycles. The van der Waals surface area contributed by atoms with Crippen LogP contribution in [0.25, 0.3) is 5.78 Å². The monoisotopic (exact) mass is 353 g/mol. The van der Waals surface area contributed by atoms with Gasteiger partial charge >= 0.3 is 0 Å². The molecule has 0 aliphatic rings. The maximum absolute atomic E-state index is 13.6. The predicted molar refractivity (Wildman–Crippen MR) is 80.6 cm³/mol. The van der Waals surface area contributed by atoms with E-state index in [4.69, 9.17) is 0 Å². The van der Waals surface area contributed by atoms with Gasteiger partial charge in [0.25, 0.3) is 5.78 Å². The number of nitrogens with one attached hydrogen (secondary N) is 1. The van der Waals surface area contributed by atoms with Gasteiger partial charge in [-0.3, -0.25) is 0 Å². The summed E-state index contributed by atoms with van der Waals surface area (Å²) in [6.45, 7) is 0.106. The van der Waals surface area contributed by atoms with Gasteiger partial charge in [-0.05, 0) is 30.5 Å². The minimum atomic E-state index is -4.02. The second kappa shape index (κ2) is 6.57. The van der Waals surface area contributed by atoms with Crippen molar-refractivity contribution in [1.82, 2.24) is 24.3 Å². The third-order valence-electron chi connectivity index (χ3n) is 3.31. The molecule has 0 saturated heterocycles. The van der Waals surface area contributed by atoms with Gasteiger partial charge < -0.3 is 0 Å². The first kappa shape index (κ1) is 16.4. The summed E-state index contributed by atoms with van der Waals surface area (Å²) in [5.41, 5.74) is 0.861. The van der Waals surface area contributed by atoms with Crippen LogP contribution in [0.1, 0.15) is 12.0 Å². The summed E-state index contributed by atoms with van der Waals surface area (Å²) in [5.74, 6) is -1.47. The molecule has 0 unspecified atom stereocenters. The van der Waals surface area contributed by atoms with Crippen molar-refractivity contribution < 1.29 is 17.2 Å². The summed E-state index contributed by atoms with van der Waals surface area (Å²) >= 11 is 0. The second-order valence-corrected chi connectivity index (χ2v) is 6.78. The number of hydrogen-bond acceptors (Lipinski definition) is 5. The maximum atomic E-state index is 13.6. The molecule has 0 amide bonds. The van der Waals surface area contributed by atoms with Crippen LogP contribution in [0.5, 0.6) is 0 Å². The van der Waals surface area contributed by atoms with E-state index in [1.165, 1.54) is 10.8 Å². The van der Waals surface area contributed by atoms with Crippen molar-refractivity contribution in [2.24, 2.45) is 0 Å². The Morgan fingerprint density at radius 2 is 2.04 bits per heavy atom. The van der Waals surface area contributed by atoms with Gasteiger partial charge in [-0.15, -0.1) is 0 Å². The van der Waals surface area contributed by atoms with Crippen LogP contribution in [0.3, 0.4) is 0 Å². The SMILES string of the molecule is O=S(=O)(NCCCc1cnc2ncnn2c1)c1ccc(F)cc1F. The highest BCUT2D eigenvalue weighted by Gasteiger charge is 2.18. The largest absolute Gasteiger partial charge is 0.252 e. The molecule has 1 N–H and O–H groups in total. The smallest absolute Gasteiger partial charge is 0.219 e. The summed E-state index contributed by atoms with van der Waals surface area (Å²) in [6, 6.07) is 2.33. The lowest BCUT2D eigenvalue weighted by Gasteiger charge is -2.08. The fourth-order valence-electron chi connectivity index (χ4n) is 2.16. The van der Waals surface area contributed by atoms with Crippen LogP contribution in [-0.4, -0.2) is 34.5 Å². The topological polar surface area (TPSA) is 89.2 Å². The maximum Gasteiger partial charge on any atom is 0.252 e. The van der Waals surface area contributed by atoms with E-state index in [9.17, 15) is 17.2 Å². The van der Waals surface area contributed by atoms with E-state index in [2.05, 4.69) is 19.8 Å². The minimum absolute atomic E-state index is 0.106. The highest BCUT2D eigenvalue weighted by atomic mass is 32.2. The number of rotatable bonds is 6. The van der Waals surface area contributed by atoms with Crippen LogP contribution in [0.4, 0.5) is 8.78 Å². The van der Waals surface area contributed by atoms with Gasteiger partial charge in [0, 0.05) is 25.0 Å². The number of nitrogens with zero attached hydrogens (tertiary/aromatic N) is 4.